The van der Waals surface area contributed by atoms with Gasteiger partial charge in [-0.1, -0.05) is 29.8 Å². The molecule has 1 saturated heterocycles. The summed E-state index contributed by atoms with van der Waals surface area (Å²) in [4.78, 5) is 19.1. The summed E-state index contributed by atoms with van der Waals surface area (Å²) < 4.78 is 53.1. The molecule has 1 aromatic heterocycles. The van der Waals surface area contributed by atoms with E-state index >= 15 is 0 Å². The molecule has 1 amide bonds. The molecule has 2 atom stereocenters. The summed E-state index contributed by atoms with van der Waals surface area (Å²) >= 11 is 5.89. The van der Waals surface area contributed by atoms with Crippen LogP contribution in [0, 0.1) is 5.82 Å². The Balaban J connectivity index is 1.68. The number of nitrogens with one attached hydrogen (secondary N) is 1. The van der Waals surface area contributed by atoms with Gasteiger partial charge in [-0.05, 0) is 73.9 Å². The highest BCUT2D eigenvalue weighted by Gasteiger charge is 2.43. The lowest BCUT2D eigenvalue weighted by Gasteiger charge is -2.30. The van der Waals surface area contributed by atoms with E-state index in [0.29, 0.717) is 22.8 Å². The summed E-state index contributed by atoms with van der Waals surface area (Å²) in [6.45, 7) is 3.78. The molecule has 9 heteroatoms. The van der Waals surface area contributed by atoms with Gasteiger partial charge >= 0.3 is 6.18 Å². The van der Waals surface area contributed by atoms with Crippen molar-refractivity contribution >= 4 is 23.2 Å². The van der Waals surface area contributed by atoms with Crippen molar-refractivity contribution in [1.82, 2.24) is 10.3 Å². The smallest absolute Gasteiger partial charge is 0.304 e. The van der Waals surface area contributed by atoms with Gasteiger partial charge < -0.3 is 4.90 Å². The van der Waals surface area contributed by atoms with Crippen molar-refractivity contribution in [2.45, 2.75) is 44.1 Å². The minimum Gasteiger partial charge on any atom is -0.304 e. The van der Waals surface area contributed by atoms with Crippen LogP contribution in [0.1, 0.15) is 43.0 Å². The van der Waals surface area contributed by atoms with Crippen molar-refractivity contribution < 1.29 is 22.4 Å². The number of anilines is 1. The van der Waals surface area contributed by atoms with Crippen molar-refractivity contribution in [2.75, 3.05) is 4.90 Å². The fourth-order valence-corrected chi connectivity index (χ4v) is 4.37. The van der Waals surface area contributed by atoms with Crippen molar-refractivity contribution in [2.24, 2.45) is 0 Å². The number of hydrogen-bond donors (Lipinski definition) is 1. The van der Waals surface area contributed by atoms with E-state index in [1.54, 1.807) is 30.5 Å². The number of rotatable bonds is 5. The molecule has 0 bridgehead atoms. The number of pyridine rings is 1. The first-order chi connectivity index (χ1) is 16.0. The molecule has 3 aromatic rings. The molecule has 1 fully saturated rings. The molecule has 0 radical (unpaired) electrons. The van der Waals surface area contributed by atoms with Gasteiger partial charge in [-0.15, -0.1) is 0 Å². The zero-order valence-electron chi connectivity index (χ0n) is 18.4. The Bertz CT molecular complexity index is 1180. The molecule has 2 unspecified atom stereocenters. The number of halogens is 5. The molecule has 1 N–H and O–H groups in total. The molecule has 4 rings (SSSR count). The standard InChI is InChI=1S/C25H22ClF4N3O/c1-24(2,17-8-11-22(26)31-14-17)32-20-13-21(15-4-3-5-18(27)12-15)33(23(20)34)19-9-6-16(7-10-19)25(28,29)30/h3-12,14,20-21,32H,13H2,1-2H3. The zero-order valence-corrected chi connectivity index (χ0v) is 19.2. The number of carbonyl (C=O) groups is 1. The van der Waals surface area contributed by atoms with Crippen molar-refractivity contribution in [3.8, 4) is 0 Å². The minimum atomic E-state index is -4.49. The average molecular weight is 492 g/mol. The number of hydrogen-bond acceptors (Lipinski definition) is 3. The van der Waals surface area contributed by atoms with E-state index in [1.807, 2.05) is 13.8 Å². The molecule has 1 aliphatic heterocycles. The monoisotopic (exact) mass is 491 g/mol. The highest BCUT2D eigenvalue weighted by atomic mass is 35.5. The highest BCUT2D eigenvalue weighted by molar-refractivity contribution is 6.29. The lowest BCUT2D eigenvalue weighted by Crippen LogP contribution is -2.47. The predicted octanol–water partition coefficient (Wildman–Crippen LogP) is 6.26. The maximum absolute atomic E-state index is 14.0. The predicted molar refractivity (Wildman–Crippen MR) is 122 cm³/mol. The van der Waals surface area contributed by atoms with Crippen molar-refractivity contribution in [3.05, 3.63) is 94.5 Å². The molecule has 2 aromatic carbocycles. The van der Waals surface area contributed by atoms with Crippen LogP contribution in [0.5, 0.6) is 0 Å². The van der Waals surface area contributed by atoms with Crippen LogP contribution in [0.3, 0.4) is 0 Å². The Morgan fingerprint density at radius 1 is 1.03 bits per heavy atom. The molecule has 4 nitrogen and oxygen atoms in total. The lowest BCUT2D eigenvalue weighted by molar-refractivity contribution is -0.137. The van der Waals surface area contributed by atoms with Gasteiger partial charge in [0.1, 0.15) is 11.0 Å². The maximum Gasteiger partial charge on any atom is 0.416 e. The third-order valence-electron chi connectivity index (χ3n) is 6.00. The Kier molecular flexibility index (Phi) is 6.40. The fourth-order valence-electron chi connectivity index (χ4n) is 4.25. The zero-order chi connectivity index (χ0) is 24.7. The summed E-state index contributed by atoms with van der Waals surface area (Å²) in [5.74, 6) is -0.773. The fraction of sp³-hybridized carbons (Fsp3) is 0.280. The second-order valence-corrected chi connectivity index (χ2v) is 9.14. The third kappa shape index (κ3) is 4.93. The van der Waals surface area contributed by atoms with Crippen LogP contribution in [-0.2, 0) is 16.5 Å². The molecule has 2 heterocycles. The van der Waals surface area contributed by atoms with E-state index in [-0.39, 0.29) is 5.91 Å². The van der Waals surface area contributed by atoms with E-state index in [4.69, 9.17) is 11.6 Å². The molecular weight excluding hydrogens is 470 g/mol. The second kappa shape index (κ2) is 9.00. The topological polar surface area (TPSA) is 45.2 Å². The summed E-state index contributed by atoms with van der Waals surface area (Å²) in [5, 5.41) is 3.69. The van der Waals surface area contributed by atoms with E-state index in [9.17, 15) is 22.4 Å². The van der Waals surface area contributed by atoms with Gasteiger partial charge in [-0.2, -0.15) is 13.2 Å². The van der Waals surface area contributed by atoms with Gasteiger partial charge in [-0.3, -0.25) is 10.1 Å². The van der Waals surface area contributed by atoms with Gasteiger partial charge in [0.15, 0.2) is 0 Å². The molecule has 0 saturated carbocycles. The van der Waals surface area contributed by atoms with Crippen molar-refractivity contribution in [1.29, 1.82) is 0 Å². The first kappa shape index (κ1) is 24.2. The van der Waals surface area contributed by atoms with Gasteiger partial charge in [0.2, 0.25) is 5.91 Å². The Morgan fingerprint density at radius 3 is 2.29 bits per heavy atom. The van der Waals surface area contributed by atoms with E-state index < -0.39 is 35.2 Å². The maximum atomic E-state index is 14.0. The number of aromatic nitrogens is 1. The molecule has 0 spiro atoms. The van der Waals surface area contributed by atoms with E-state index in [0.717, 1.165) is 17.7 Å². The first-order valence-electron chi connectivity index (χ1n) is 10.6. The van der Waals surface area contributed by atoms with Crippen LogP contribution in [0.15, 0.2) is 66.9 Å². The van der Waals surface area contributed by atoms with Gasteiger partial charge in [0.05, 0.1) is 17.6 Å². The summed E-state index contributed by atoms with van der Waals surface area (Å²) in [6, 6.07) is 12.5. The number of alkyl halides is 3. The second-order valence-electron chi connectivity index (χ2n) is 8.75. The van der Waals surface area contributed by atoms with Gasteiger partial charge in [0, 0.05) is 17.4 Å². The van der Waals surface area contributed by atoms with Gasteiger partial charge in [0.25, 0.3) is 0 Å². The normalized spacial score (nSPS) is 19.0. The third-order valence-corrected chi connectivity index (χ3v) is 6.22. The van der Waals surface area contributed by atoms with Crippen LogP contribution in [0.2, 0.25) is 5.15 Å². The summed E-state index contributed by atoms with van der Waals surface area (Å²) in [5.41, 5.74) is 0.197. The number of nitrogens with zero attached hydrogens (tertiary/aromatic N) is 2. The van der Waals surface area contributed by atoms with Crippen LogP contribution < -0.4 is 10.2 Å². The SMILES string of the molecule is CC(C)(NC1CC(c2cccc(F)c2)N(c2ccc(C(F)(F)F)cc2)C1=O)c1ccc(Cl)nc1. The summed E-state index contributed by atoms with van der Waals surface area (Å²) in [6.07, 6.45) is -2.57. The summed E-state index contributed by atoms with van der Waals surface area (Å²) in [7, 11) is 0. The Labute approximate surface area is 199 Å². The van der Waals surface area contributed by atoms with Crippen molar-refractivity contribution in [3.63, 3.8) is 0 Å². The van der Waals surface area contributed by atoms with Gasteiger partial charge in [-0.25, -0.2) is 9.37 Å². The molecule has 34 heavy (non-hydrogen) atoms. The van der Waals surface area contributed by atoms with Crippen LogP contribution in [0.25, 0.3) is 0 Å². The lowest BCUT2D eigenvalue weighted by atomic mass is 9.93. The first-order valence-corrected chi connectivity index (χ1v) is 11.0. The van der Waals surface area contributed by atoms with E-state index in [2.05, 4.69) is 10.3 Å². The minimum absolute atomic E-state index is 0.299. The van der Waals surface area contributed by atoms with E-state index in [1.165, 1.54) is 29.2 Å². The Hall–Kier alpha value is -2.97. The number of carbonyl (C=O) groups excluding carboxylic acids is 1. The Morgan fingerprint density at radius 2 is 1.71 bits per heavy atom. The average Bonchev–Trinajstić information content (AvgIpc) is 3.09. The molecule has 1 aliphatic rings. The van der Waals surface area contributed by atoms with Crippen LogP contribution in [-0.4, -0.2) is 16.9 Å². The number of amides is 1. The van der Waals surface area contributed by atoms with Crippen LogP contribution in [0.4, 0.5) is 23.2 Å². The highest BCUT2D eigenvalue weighted by Crippen LogP contribution is 2.40. The largest absolute Gasteiger partial charge is 0.416 e. The van der Waals surface area contributed by atoms with Crippen LogP contribution >= 0.6 is 11.6 Å². The number of benzene rings is 2. The molecular formula is C25H22ClF4N3O. The molecule has 0 aliphatic carbocycles. The quantitative estimate of drug-likeness (QED) is 0.338. The molecule has 178 valence electrons.